The van der Waals surface area contributed by atoms with Crippen molar-refractivity contribution in [3.8, 4) is 0 Å². The smallest absolute Gasteiger partial charge is 0.306 e. The second kappa shape index (κ2) is 6.12. The van der Waals surface area contributed by atoms with Gasteiger partial charge in [-0.1, -0.05) is 11.8 Å². The zero-order chi connectivity index (χ0) is 14.7. The van der Waals surface area contributed by atoms with Gasteiger partial charge < -0.3 is 15.7 Å². The average Bonchev–Trinajstić information content (AvgIpc) is 2.76. The molecule has 0 aliphatic carbocycles. The number of nitrogens with two attached hydrogens (primary N) is 1. The van der Waals surface area contributed by atoms with Crippen molar-refractivity contribution in [2.45, 2.75) is 18.0 Å². The Morgan fingerprint density at radius 2 is 2.05 bits per heavy atom. The van der Waals surface area contributed by atoms with Crippen LogP contribution in [0.5, 0.6) is 0 Å². The summed E-state index contributed by atoms with van der Waals surface area (Å²) in [5, 5.41) is 17.1. The average molecular weight is 299 g/mol. The van der Waals surface area contributed by atoms with Gasteiger partial charge in [0.1, 0.15) is 0 Å². The Kier molecular flexibility index (Phi) is 4.48. The fourth-order valence-electron chi connectivity index (χ4n) is 2.05. The number of aromatic nitrogens is 3. The molecule has 1 aliphatic rings. The fourth-order valence-corrected chi connectivity index (χ4v) is 2.87. The van der Waals surface area contributed by atoms with Crippen LogP contribution in [0.1, 0.15) is 12.8 Å². The van der Waals surface area contributed by atoms with E-state index in [0.717, 1.165) is 0 Å². The number of likely N-dealkylation sites (tertiary alicyclic amines) is 1. The molecule has 0 spiro atoms. The number of rotatable bonds is 4. The Morgan fingerprint density at radius 1 is 1.40 bits per heavy atom. The van der Waals surface area contributed by atoms with Crippen LogP contribution in [0.2, 0.25) is 0 Å². The number of thioether (sulfide) groups is 1. The minimum atomic E-state index is -0.777. The largest absolute Gasteiger partial charge is 0.481 e. The highest BCUT2D eigenvalue weighted by Gasteiger charge is 2.27. The van der Waals surface area contributed by atoms with Gasteiger partial charge in [-0.2, -0.15) is 0 Å². The number of carbonyl (C=O) groups excluding carboxylic acids is 1. The van der Waals surface area contributed by atoms with Crippen molar-refractivity contribution in [1.29, 1.82) is 0 Å². The number of anilines is 1. The van der Waals surface area contributed by atoms with Gasteiger partial charge in [-0.05, 0) is 12.8 Å². The van der Waals surface area contributed by atoms with Crippen LogP contribution in [0, 0.1) is 5.92 Å². The van der Waals surface area contributed by atoms with Crippen LogP contribution < -0.4 is 5.73 Å². The van der Waals surface area contributed by atoms with E-state index in [4.69, 9.17) is 10.8 Å². The first-order chi connectivity index (χ1) is 9.49. The van der Waals surface area contributed by atoms with Crippen LogP contribution in [-0.2, 0) is 16.6 Å². The number of aliphatic carboxylic acids is 1. The number of piperidine rings is 1. The maximum Gasteiger partial charge on any atom is 0.306 e. The highest BCUT2D eigenvalue weighted by molar-refractivity contribution is 7.99. The van der Waals surface area contributed by atoms with Crippen molar-refractivity contribution in [2.75, 3.05) is 24.6 Å². The number of amides is 1. The van der Waals surface area contributed by atoms with Crippen molar-refractivity contribution in [3.63, 3.8) is 0 Å². The number of nitrogens with zero attached hydrogens (tertiary/aromatic N) is 4. The van der Waals surface area contributed by atoms with E-state index >= 15 is 0 Å². The molecule has 2 rings (SSSR count). The predicted molar refractivity (Wildman–Crippen MR) is 73.1 cm³/mol. The molecule has 0 radical (unpaired) electrons. The van der Waals surface area contributed by atoms with Crippen LogP contribution in [0.25, 0.3) is 0 Å². The Morgan fingerprint density at radius 3 is 2.55 bits per heavy atom. The summed E-state index contributed by atoms with van der Waals surface area (Å²) < 4.78 is 1.62. The van der Waals surface area contributed by atoms with Crippen molar-refractivity contribution >= 4 is 29.6 Å². The first kappa shape index (κ1) is 14.6. The number of nitrogen functional groups attached to an aromatic ring is 1. The Balaban J connectivity index is 1.81. The predicted octanol–water partition coefficient (Wildman–Crippen LogP) is -0.187. The number of hydrogen-bond acceptors (Lipinski definition) is 6. The Bertz CT molecular complexity index is 510. The quantitative estimate of drug-likeness (QED) is 0.741. The van der Waals surface area contributed by atoms with Gasteiger partial charge in [-0.25, -0.2) is 0 Å². The van der Waals surface area contributed by atoms with E-state index in [9.17, 15) is 9.59 Å². The third kappa shape index (κ3) is 3.21. The third-order valence-electron chi connectivity index (χ3n) is 3.39. The van der Waals surface area contributed by atoms with Crippen molar-refractivity contribution in [3.05, 3.63) is 0 Å². The van der Waals surface area contributed by atoms with Crippen LogP contribution in [0.15, 0.2) is 5.16 Å². The van der Waals surface area contributed by atoms with Gasteiger partial charge in [0.2, 0.25) is 11.9 Å². The van der Waals surface area contributed by atoms with Crippen molar-refractivity contribution in [2.24, 2.45) is 13.0 Å². The summed E-state index contributed by atoms with van der Waals surface area (Å²) in [5.74, 6) is -0.558. The molecule has 1 aromatic rings. The molecule has 0 aromatic carbocycles. The molecular formula is C11H17N5O3S. The summed E-state index contributed by atoms with van der Waals surface area (Å²) in [6.45, 7) is 0.995. The van der Waals surface area contributed by atoms with Crippen LogP contribution in [-0.4, -0.2) is 55.5 Å². The molecule has 2 heterocycles. The maximum absolute atomic E-state index is 12.0. The highest BCUT2D eigenvalue weighted by Crippen LogP contribution is 2.20. The summed E-state index contributed by atoms with van der Waals surface area (Å²) in [6, 6.07) is 0. The van der Waals surface area contributed by atoms with Gasteiger partial charge in [0.05, 0.1) is 11.7 Å². The van der Waals surface area contributed by atoms with Gasteiger partial charge in [0, 0.05) is 20.1 Å². The first-order valence-corrected chi connectivity index (χ1v) is 7.26. The molecule has 1 amide bonds. The summed E-state index contributed by atoms with van der Waals surface area (Å²) in [7, 11) is 1.74. The normalized spacial score (nSPS) is 16.4. The molecule has 1 aromatic heterocycles. The van der Waals surface area contributed by atoms with Gasteiger partial charge in [0.25, 0.3) is 0 Å². The van der Waals surface area contributed by atoms with Gasteiger partial charge >= 0.3 is 5.97 Å². The lowest BCUT2D eigenvalue weighted by Gasteiger charge is -2.30. The fraction of sp³-hybridized carbons (Fsp3) is 0.636. The van der Waals surface area contributed by atoms with E-state index in [1.54, 1.807) is 16.5 Å². The topological polar surface area (TPSA) is 114 Å². The standard InChI is InChI=1S/C11H17N5O3S/c1-15-10(12)13-14-11(15)20-6-8(17)16-4-2-7(3-5-16)9(18)19/h7H,2-6H2,1H3,(H2,12,13)(H,18,19). The number of hydrogen-bond donors (Lipinski definition) is 2. The molecule has 1 saturated heterocycles. The monoisotopic (exact) mass is 299 g/mol. The molecular weight excluding hydrogens is 282 g/mol. The highest BCUT2D eigenvalue weighted by atomic mass is 32.2. The zero-order valence-corrected chi connectivity index (χ0v) is 12.0. The Labute approximate surface area is 120 Å². The SMILES string of the molecule is Cn1c(N)nnc1SCC(=O)N1CCC(C(=O)O)CC1. The zero-order valence-electron chi connectivity index (χ0n) is 11.2. The molecule has 1 fully saturated rings. The van der Waals surface area contributed by atoms with Crippen LogP contribution in [0.4, 0.5) is 5.95 Å². The minimum Gasteiger partial charge on any atom is -0.481 e. The van der Waals surface area contributed by atoms with E-state index in [0.29, 0.717) is 37.0 Å². The molecule has 0 saturated carbocycles. The van der Waals surface area contributed by atoms with E-state index < -0.39 is 5.97 Å². The minimum absolute atomic E-state index is 0.0135. The first-order valence-electron chi connectivity index (χ1n) is 6.27. The molecule has 0 bridgehead atoms. The molecule has 20 heavy (non-hydrogen) atoms. The van der Waals surface area contributed by atoms with E-state index in [2.05, 4.69) is 10.2 Å². The second-order valence-electron chi connectivity index (χ2n) is 4.68. The molecule has 8 nitrogen and oxygen atoms in total. The molecule has 110 valence electrons. The lowest BCUT2D eigenvalue weighted by Crippen LogP contribution is -2.41. The van der Waals surface area contributed by atoms with Crippen LogP contribution in [0.3, 0.4) is 0 Å². The number of carboxylic acids is 1. The summed E-state index contributed by atoms with van der Waals surface area (Å²) in [5.41, 5.74) is 5.56. The Hall–Kier alpha value is -1.77. The number of carbonyl (C=O) groups is 2. The lowest BCUT2D eigenvalue weighted by molar-refractivity contribution is -0.145. The molecule has 1 aliphatic heterocycles. The molecule has 0 unspecified atom stereocenters. The summed E-state index contributed by atoms with van der Waals surface area (Å²) in [6.07, 6.45) is 1.03. The molecule has 3 N–H and O–H groups in total. The molecule has 9 heteroatoms. The third-order valence-corrected chi connectivity index (χ3v) is 4.40. The van der Waals surface area contributed by atoms with E-state index in [1.807, 2.05) is 0 Å². The molecule has 0 atom stereocenters. The van der Waals surface area contributed by atoms with Gasteiger partial charge in [-0.15, -0.1) is 10.2 Å². The van der Waals surface area contributed by atoms with Gasteiger partial charge in [0.15, 0.2) is 5.16 Å². The van der Waals surface area contributed by atoms with Crippen LogP contribution >= 0.6 is 11.8 Å². The van der Waals surface area contributed by atoms with Crippen molar-refractivity contribution in [1.82, 2.24) is 19.7 Å². The summed E-state index contributed by atoms with van der Waals surface area (Å²) >= 11 is 1.28. The maximum atomic E-state index is 12.0. The number of carboxylic acid groups (broad SMARTS) is 1. The second-order valence-corrected chi connectivity index (χ2v) is 5.62. The lowest BCUT2D eigenvalue weighted by atomic mass is 9.97. The van der Waals surface area contributed by atoms with Crippen molar-refractivity contribution < 1.29 is 14.7 Å². The van der Waals surface area contributed by atoms with E-state index in [1.165, 1.54) is 11.8 Å². The van der Waals surface area contributed by atoms with Gasteiger partial charge in [-0.3, -0.25) is 14.2 Å². The summed E-state index contributed by atoms with van der Waals surface area (Å²) in [4.78, 5) is 24.6. The van der Waals surface area contributed by atoms with E-state index in [-0.39, 0.29) is 17.6 Å².